The quantitative estimate of drug-likeness (QED) is 0.429. The van der Waals surface area contributed by atoms with E-state index in [4.69, 9.17) is 4.42 Å². The number of aromatic amines is 1. The summed E-state index contributed by atoms with van der Waals surface area (Å²) < 4.78 is 10.7. The van der Waals surface area contributed by atoms with Gasteiger partial charge in [-0.25, -0.2) is 4.79 Å². The van der Waals surface area contributed by atoms with E-state index in [1.807, 2.05) is 30.3 Å². The molecule has 0 aliphatic carbocycles. The number of carbonyl (C=O) groups is 1. The molecule has 162 valence electrons. The summed E-state index contributed by atoms with van der Waals surface area (Å²) in [5.74, 6) is -0.451. The second-order valence-electron chi connectivity index (χ2n) is 7.41. The molecule has 0 aliphatic rings. The first-order chi connectivity index (χ1) is 16.0. The van der Waals surface area contributed by atoms with Crippen molar-refractivity contribution in [3.8, 4) is 22.7 Å². The van der Waals surface area contributed by atoms with E-state index in [0.717, 1.165) is 5.56 Å². The number of anilines is 1. The molecule has 0 aliphatic heterocycles. The van der Waals surface area contributed by atoms with Crippen LogP contribution in [0.1, 0.15) is 15.9 Å². The number of para-hydroxylation sites is 1. The highest BCUT2D eigenvalue weighted by atomic mass is 16.5. The summed E-state index contributed by atoms with van der Waals surface area (Å²) in [4.78, 5) is 39.9. The normalized spacial score (nSPS) is 10.9. The molecule has 2 aromatic heterocycles. The number of rotatable bonds is 4. The van der Waals surface area contributed by atoms with E-state index in [-0.39, 0.29) is 22.4 Å². The predicted molar refractivity (Wildman–Crippen MR) is 123 cm³/mol. The minimum atomic E-state index is -0.672. The lowest BCUT2D eigenvalue weighted by molar-refractivity contribution is 0.102. The lowest BCUT2D eigenvalue weighted by atomic mass is 10.0. The molecule has 0 spiro atoms. The first-order valence-electron chi connectivity index (χ1n) is 10.1. The van der Waals surface area contributed by atoms with Gasteiger partial charge in [0.2, 0.25) is 0 Å². The van der Waals surface area contributed by atoms with Crippen LogP contribution in [-0.4, -0.2) is 16.0 Å². The van der Waals surface area contributed by atoms with Gasteiger partial charge in [-0.3, -0.25) is 19.1 Å². The molecule has 33 heavy (non-hydrogen) atoms. The Morgan fingerprint density at radius 2 is 1.70 bits per heavy atom. The fourth-order valence-electron chi connectivity index (χ4n) is 3.65. The first-order valence-corrected chi connectivity index (χ1v) is 10.1. The highest BCUT2D eigenvalue weighted by Crippen LogP contribution is 2.28. The number of fused-ring (bicyclic) bond motifs is 1. The van der Waals surface area contributed by atoms with Crippen molar-refractivity contribution in [2.45, 2.75) is 6.92 Å². The van der Waals surface area contributed by atoms with Crippen LogP contribution in [0.25, 0.3) is 33.7 Å². The first kappa shape index (κ1) is 20.2. The van der Waals surface area contributed by atoms with Crippen LogP contribution in [0.3, 0.4) is 0 Å². The fourth-order valence-corrected chi connectivity index (χ4v) is 3.65. The molecule has 1 amide bonds. The average Bonchev–Trinajstić information content (AvgIpc) is 3.28. The Labute approximate surface area is 186 Å². The van der Waals surface area contributed by atoms with E-state index in [1.165, 1.54) is 0 Å². The maximum absolute atomic E-state index is 13.2. The van der Waals surface area contributed by atoms with Gasteiger partial charge in [-0.1, -0.05) is 53.7 Å². The average molecular weight is 439 g/mol. The third-order valence-corrected chi connectivity index (χ3v) is 5.26. The van der Waals surface area contributed by atoms with Gasteiger partial charge < -0.3 is 9.73 Å². The second kappa shape index (κ2) is 8.08. The van der Waals surface area contributed by atoms with E-state index in [9.17, 15) is 14.4 Å². The molecule has 2 N–H and O–H groups in total. The number of hydrogen-bond donors (Lipinski definition) is 2. The molecule has 0 radical (unpaired) electrons. The van der Waals surface area contributed by atoms with Crippen molar-refractivity contribution in [2.75, 3.05) is 5.32 Å². The summed E-state index contributed by atoms with van der Waals surface area (Å²) in [6.07, 6.45) is 0. The topological polar surface area (TPSA) is 118 Å². The third-order valence-electron chi connectivity index (χ3n) is 5.26. The molecular weight excluding hydrogens is 422 g/mol. The van der Waals surface area contributed by atoms with Gasteiger partial charge in [-0.2, -0.15) is 0 Å². The summed E-state index contributed by atoms with van der Waals surface area (Å²) in [7, 11) is 0. The monoisotopic (exact) mass is 439 g/mol. The van der Waals surface area contributed by atoms with Gasteiger partial charge in [0.15, 0.2) is 16.8 Å². The number of nitrogens with one attached hydrogen (secondary N) is 2. The van der Waals surface area contributed by atoms with Gasteiger partial charge in [-0.15, -0.1) is 0 Å². The summed E-state index contributed by atoms with van der Waals surface area (Å²) >= 11 is 0. The molecule has 8 nitrogen and oxygen atoms in total. The molecule has 5 aromatic rings. The number of benzene rings is 3. The summed E-state index contributed by atoms with van der Waals surface area (Å²) in [5.41, 5.74) is 2.49. The second-order valence-corrected chi connectivity index (χ2v) is 7.41. The van der Waals surface area contributed by atoms with Crippen molar-refractivity contribution in [3.63, 3.8) is 0 Å². The maximum atomic E-state index is 13.2. The summed E-state index contributed by atoms with van der Waals surface area (Å²) in [6.45, 7) is 1.71. The smallest absolute Gasteiger partial charge is 0.439 e. The molecule has 2 heterocycles. The van der Waals surface area contributed by atoms with E-state index in [0.29, 0.717) is 28.0 Å². The number of carbonyl (C=O) groups excluding carboxylic acids is 1. The van der Waals surface area contributed by atoms with Crippen LogP contribution in [0.4, 0.5) is 5.69 Å². The lowest BCUT2D eigenvalue weighted by Crippen LogP contribution is -2.15. The minimum absolute atomic E-state index is 0.193. The molecular formula is C25H17N3O5. The molecule has 0 atom stereocenters. The number of nitrogens with zero attached hydrogens (tertiary/aromatic N) is 1. The maximum Gasteiger partial charge on any atom is 0.439 e. The lowest BCUT2D eigenvalue weighted by Gasteiger charge is -2.11. The van der Waals surface area contributed by atoms with Crippen molar-refractivity contribution in [1.82, 2.24) is 10.1 Å². The number of amides is 1. The Morgan fingerprint density at radius 3 is 2.45 bits per heavy atom. The van der Waals surface area contributed by atoms with E-state index < -0.39 is 11.7 Å². The molecule has 0 unspecified atom stereocenters. The van der Waals surface area contributed by atoms with Crippen LogP contribution in [0.15, 0.2) is 91.3 Å². The van der Waals surface area contributed by atoms with Crippen LogP contribution in [0.2, 0.25) is 0 Å². The van der Waals surface area contributed by atoms with Gasteiger partial charge >= 0.3 is 5.76 Å². The molecule has 0 saturated heterocycles. The van der Waals surface area contributed by atoms with Gasteiger partial charge in [0, 0.05) is 22.4 Å². The number of hydrogen-bond acceptors (Lipinski definition) is 6. The van der Waals surface area contributed by atoms with Crippen LogP contribution in [0, 0.1) is 6.92 Å². The number of H-pyrrole nitrogens is 1. The zero-order valence-corrected chi connectivity index (χ0v) is 17.4. The SMILES string of the molecule is Cc1c(-c2ccccc2)oc2c(C(=O)Nc3cccc(-c4noc(=O)[nH]4)c3)cccc2c1=O. The van der Waals surface area contributed by atoms with Crippen molar-refractivity contribution in [2.24, 2.45) is 0 Å². The molecule has 8 heteroatoms. The Balaban J connectivity index is 1.56. The Morgan fingerprint density at radius 1 is 0.939 bits per heavy atom. The highest BCUT2D eigenvalue weighted by Gasteiger charge is 2.18. The Kier molecular flexibility index (Phi) is 4.95. The molecule has 3 aromatic carbocycles. The molecule has 5 rings (SSSR count). The summed E-state index contributed by atoms with van der Waals surface area (Å²) in [6, 6.07) is 20.9. The largest absolute Gasteiger partial charge is 0.455 e. The van der Waals surface area contributed by atoms with Crippen molar-refractivity contribution < 1.29 is 13.7 Å². The molecule has 0 bridgehead atoms. The summed E-state index contributed by atoms with van der Waals surface area (Å²) in [5, 5.41) is 6.79. The zero-order valence-electron chi connectivity index (χ0n) is 17.4. The van der Waals surface area contributed by atoms with E-state index in [2.05, 4.69) is 20.0 Å². The van der Waals surface area contributed by atoms with Crippen LogP contribution >= 0.6 is 0 Å². The van der Waals surface area contributed by atoms with Gasteiger partial charge in [0.1, 0.15) is 5.76 Å². The van der Waals surface area contributed by atoms with Crippen molar-refractivity contribution in [3.05, 3.63) is 105 Å². The fraction of sp³-hybridized carbons (Fsp3) is 0.0400. The predicted octanol–water partition coefficient (Wildman–Crippen LogP) is 4.36. The van der Waals surface area contributed by atoms with Crippen LogP contribution in [0.5, 0.6) is 0 Å². The molecule has 0 saturated carbocycles. The van der Waals surface area contributed by atoms with Gasteiger partial charge in [0.25, 0.3) is 5.91 Å². The van der Waals surface area contributed by atoms with Crippen LogP contribution in [-0.2, 0) is 0 Å². The Bertz CT molecular complexity index is 1610. The minimum Gasteiger partial charge on any atom is -0.455 e. The number of aromatic nitrogens is 2. The van der Waals surface area contributed by atoms with Crippen molar-refractivity contribution in [1.29, 1.82) is 0 Å². The van der Waals surface area contributed by atoms with E-state index >= 15 is 0 Å². The highest BCUT2D eigenvalue weighted by molar-refractivity contribution is 6.11. The van der Waals surface area contributed by atoms with Crippen molar-refractivity contribution >= 4 is 22.6 Å². The van der Waals surface area contributed by atoms with Gasteiger partial charge in [0.05, 0.1) is 10.9 Å². The van der Waals surface area contributed by atoms with E-state index in [1.54, 1.807) is 49.4 Å². The third kappa shape index (κ3) is 3.74. The zero-order chi connectivity index (χ0) is 22.9. The Hall–Kier alpha value is -4.72. The van der Waals surface area contributed by atoms with Crippen LogP contribution < -0.4 is 16.5 Å². The standard InChI is InChI=1S/C25H17N3O5/c1-14-20(29)18-11-6-12-19(22(18)32-21(14)15-7-3-2-4-8-15)24(30)26-17-10-5-9-16(13-17)23-27-25(31)33-28-23/h2-13H,1H3,(H,26,30)(H,27,28,31). The molecule has 0 fully saturated rings. The van der Waals surface area contributed by atoms with Gasteiger partial charge in [-0.05, 0) is 31.2 Å².